The minimum absolute atomic E-state index is 0.480. The van der Waals surface area contributed by atoms with Crippen molar-refractivity contribution in [3.8, 4) is 5.75 Å². The van der Waals surface area contributed by atoms with Crippen LogP contribution in [0.2, 0.25) is 0 Å². The molecule has 1 N–H and O–H groups in total. The maximum atomic E-state index is 10.2. The van der Waals surface area contributed by atoms with Gasteiger partial charge in [-0.25, -0.2) is 0 Å². The van der Waals surface area contributed by atoms with Crippen LogP contribution in [0.3, 0.4) is 0 Å². The Balaban J connectivity index is 1.42. The maximum Gasteiger partial charge on any atom is 0.118 e. The smallest absolute Gasteiger partial charge is 0.118 e. The zero-order chi connectivity index (χ0) is 19.8. The van der Waals surface area contributed by atoms with E-state index >= 15 is 0 Å². The van der Waals surface area contributed by atoms with E-state index in [4.69, 9.17) is 4.74 Å². The first-order valence-electron chi connectivity index (χ1n) is 11.5. The van der Waals surface area contributed by atoms with Gasteiger partial charge in [0, 0.05) is 13.2 Å². The number of rotatable bonds is 6. The number of aryl methyl sites for hydroxylation is 1. The van der Waals surface area contributed by atoms with Crippen molar-refractivity contribution >= 4 is 0 Å². The normalized spacial score (nSPS) is 34.2. The van der Waals surface area contributed by atoms with Crippen LogP contribution in [0.5, 0.6) is 5.75 Å². The molecule has 0 saturated heterocycles. The van der Waals surface area contributed by atoms with Gasteiger partial charge in [0.1, 0.15) is 5.75 Å². The Morgan fingerprint density at radius 2 is 1.86 bits per heavy atom. The fourth-order valence-corrected chi connectivity index (χ4v) is 6.87. The molecule has 3 aliphatic rings. The van der Waals surface area contributed by atoms with Gasteiger partial charge < -0.3 is 14.7 Å². The molecule has 3 nitrogen and oxygen atoms in total. The van der Waals surface area contributed by atoms with Crippen molar-refractivity contribution < 1.29 is 9.84 Å². The molecule has 28 heavy (non-hydrogen) atoms. The van der Waals surface area contributed by atoms with Gasteiger partial charge in [-0.15, -0.1) is 0 Å². The lowest BCUT2D eigenvalue weighted by atomic mass is 9.56. The molecule has 0 radical (unpaired) electrons. The average Bonchev–Trinajstić information content (AvgIpc) is 3.06. The molecule has 0 bridgehead atoms. The third-order valence-corrected chi connectivity index (χ3v) is 8.17. The summed E-state index contributed by atoms with van der Waals surface area (Å²) >= 11 is 0. The first-order valence-corrected chi connectivity index (χ1v) is 11.5. The van der Waals surface area contributed by atoms with Crippen LogP contribution in [0.25, 0.3) is 0 Å². The lowest BCUT2D eigenvalue weighted by molar-refractivity contribution is 0.0612. The summed E-state index contributed by atoms with van der Waals surface area (Å²) in [4.78, 5) is 2.19. The van der Waals surface area contributed by atoms with Crippen LogP contribution in [0, 0.1) is 36.5 Å². The van der Waals surface area contributed by atoms with Crippen molar-refractivity contribution in [3.05, 3.63) is 28.8 Å². The van der Waals surface area contributed by atoms with Crippen LogP contribution >= 0.6 is 0 Å². The zero-order valence-electron chi connectivity index (χ0n) is 18.3. The minimum atomic E-state index is 0.480. The van der Waals surface area contributed by atoms with Crippen LogP contribution < -0.4 is 0 Å². The highest BCUT2D eigenvalue weighted by molar-refractivity contribution is 5.45. The number of phenolic OH excluding ortho intramolecular Hbond substituents is 1. The Kier molecular flexibility index (Phi) is 6.04. The summed E-state index contributed by atoms with van der Waals surface area (Å²) in [6.45, 7) is 7.34. The van der Waals surface area contributed by atoms with Gasteiger partial charge in [-0.3, -0.25) is 0 Å². The van der Waals surface area contributed by atoms with Gasteiger partial charge in [-0.1, -0.05) is 13.0 Å². The number of phenols is 1. The standard InChI is InChI=1S/C25H39NO2/c1-16-14-23-19(15-24(16)27)13-17(2)25-21-6-5-18(20(21)7-8-22(23)25)9-11-28-12-10-26(3)4/h14-15,17-18,20-22,25,27H,5-13H2,1-4H3/t17-,18-,20?,21?,22?,25?/m1/s1. The van der Waals surface area contributed by atoms with E-state index < -0.39 is 0 Å². The largest absolute Gasteiger partial charge is 0.508 e. The van der Waals surface area contributed by atoms with Crippen molar-refractivity contribution in [1.82, 2.24) is 4.90 Å². The van der Waals surface area contributed by atoms with E-state index in [1.54, 1.807) is 5.56 Å². The van der Waals surface area contributed by atoms with Crippen LogP contribution in [-0.2, 0) is 11.2 Å². The highest BCUT2D eigenvalue weighted by Gasteiger charge is 2.49. The highest BCUT2D eigenvalue weighted by Crippen LogP contribution is 2.59. The summed E-state index contributed by atoms with van der Waals surface area (Å²) in [5, 5.41) is 10.2. The molecule has 2 fully saturated rings. The Bertz CT molecular complexity index is 685. The molecule has 6 atom stereocenters. The molecule has 1 aromatic rings. The number of hydrogen-bond acceptors (Lipinski definition) is 3. The van der Waals surface area contributed by atoms with E-state index in [0.29, 0.717) is 5.75 Å². The van der Waals surface area contributed by atoms with Crippen LogP contribution in [0.15, 0.2) is 12.1 Å². The maximum absolute atomic E-state index is 10.2. The molecular formula is C25H39NO2. The zero-order valence-corrected chi connectivity index (χ0v) is 18.3. The van der Waals surface area contributed by atoms with Crippen molar-refractivity contribution in [3.63, 3.8) is 0 Å². The van der Waals surface area contributed by atoms with E-state index in [-0.39, 0.29) is 0 Å². The second-order valence-corrected chi connectivity index (χ2v) is 10.1. The second kappa shape index (κ2) is 8.36. The minimum Gasteiger partial charge on any atom is -0.508 e. The summed E-state index contributed by atoms with van der Waals surface area (Å²) in [7, 11) is 4.21. The molecule has 3 heteroatoms. The van der Waals surface area contributed by atoms with Crippen LogP contribution in [0.4, 0.5) is 0 Å². The molecule has 3 aliphatic carbocycles. The molecule has 0 aromatic heterocycles. The van der Waals surface area contributed by atoms with E-state index in [0.717, 1.165) is 67.3 Å². The van der Waals surface area contributed by atoms with Gasteiger partial charge in [0.05, 0.1) is 6.61 Å². The predicted molar refractivity (Wildman–Crippen MR) is 115 cm³/mol. The van der Waals surface area contributed by atoms with E-state index in [2.05, 4.69) is 45.0 Å². The number of ether oxygens (including phenoxy) is 1. The summed E-state index contributed by atoms with van der Waals surface area (Å²) in [6, 6.07) is 4.37. The average molecular weight is 386 g/mol. The van der Waals surface area contributed by atoms with Gasteiger partial charge in [0.15, 0.2) is 0 Å². The first kappa shape index (κ1) is 20.2. The molecule has 0 heterocycles. The van der Waals surface area contributed by atoms with E-state index in [1.807, 2.05) is 0 Å². The summed E-state index contributed by atoms with van der Waals surface area (Å²) in [5.41, 5.74) is 4.03. The third kappa shape index (κ3) is 3.85. The monoisotopic (exact) mass is 385 g/mol. The molecule has 156 valence electrons. The summed E-state index contributed by atoms with van der Waals surface area (Å²) in [6.07, 6.45) is 7.95. The number of nitrogens with zero attached hydrogens (tertiary/aromatic N) is 1. The van der Waals surface area contributed by atoms with Gasteiger partial charge in [-0.05, 0) is 118 Å². The fraction of sp³-hybridized carbons (Fsp3) is 0.760. The van der Waals surface area contributed by atoms with Crippen molar-refractivity contribution in [2.75, 3.05) is 33.9 Å². The third-order valence-electron chi connectivity index (χ3n) is 8.17. The summed E-state index contributed by atoms with van der Waals surface area (Å²) in [5.74, 6) is 5.48. The first-order chi connectivity index (χ1) is 13.5. The number of aromatic hydroxyl groups is 1. The second-order valence-electron chi connectivity index (χ2n) is 10.1. The predicted octanol–water partition coefficient (Wildman–Crippen LogP) is 5.00. The molecular weight excluding hydrogens is 346 g/mol. The number of benzene rings is 1. The van der Waals surface area contributed by atoms with Gasteiger partial charge >= 0.3 is 0 Å². The molecule has 4 rings (SSSR count). The SMILES string of the molecule is Cc1cc2c(cc1O)C[C@@H](C)C1C2CCC2C1CC[C@@H]2CCOCCN(C)C. The van der Waals surface area contributed by atoms with E-state index in [9.17, 15) is 5.11 Å². The van der Waals surface area contributed by atoms with Crippen LogP contribution in [0.1, 0.15) is 61.6 Å². The number of fused-ring (bicyclic) bond motifs is 5. The fourth-order valence-electron chi connectivity index (χ4n) is 6.87. The van der Waals surface area contributed by atoms with Gasteiger partial charge in [0.2, 0.25) is 0 Å². The number of hydrogen-bond donors (Lipinski definition) is 1. The van der Waals surface area contributed by atoms with Crippen molar-refractivity contribution in [1.29, 1.82) is 0 Å². The molecule has 0 amide bonds. The van der Waals surface area contributed by atoms with Gasteiger partial charge in [-0.2, -0.15) is 0 Å². The van der Waals surface area contributed by atoms with Gasteiger partial charge in [0.25, 0.3) is 0 Å². The highest BCUT2D eigenvalue weighted by atomic mass is 16.5. The quantitative estimate of drug-likeness (QED) is 0.700. The lowest BCUT2D eigenvalue weighted by Gasteiger charge is -2.48. The Hall–Kier alpha value is -1.06. The molecule has 0 aliphatic heterocycles. The Labute approximate surface area is 171 Å². The number of likely N-dealkylation sites (N-methyl/N-ethyl adjacent to an activating group) is 1. The molecule has 2 saturated carbocycles. The van der Waals surface area contributed by atoms with Crippen molar-refractivity contribution in [2.45, 2.75) is 58.3 Å². The molecule has 1 aromatic carbocycles. The molecule has 4 unspecified atom stereocenters. The topological polar surface area (TPSA) is 32.7 Å². The Morgan fingerprint density at radius 3 is 2.64 bits per heavy atom. The molecule has 0 spiro atoms. The van der Waals surface area contributed by atoms with E-state index in [1.165, 1.54) is 37.7 Å². The summed E-state index contributed by atoms with van der Waals surface area (Å²) < 4.78 is 5.92. The Morgan fingerprint density at radius 1 is 1.07 bits per heavy atom. The lowest BCUT2D eigenvalue weighted by Crippen LogP contribution is -2.40. The van der Waals surface area contributed by atoms with Crippen molar-refractivity contribution in [2.24, 2.45) is 29.6 Å². The van der Waals surface area contributed by atoms with Crippen LogP contribution in [-0.4, -0.2) is 43.9 Å².